The minimum atomic E-state index is -0.266. The van der Waals surface area contributed by atoms with Crippen molar-refractivity contribution in [2.45, 2.75) is 32.4 Å². The van der Waals surface area contributed by atoms with Crippen LogP contribution in [0.3, 0.4) is 0 Å². The quantitative estimate of drug-likeness (QED) is 0.911. The zero-order valence-corrected chi connectivity index (χ0v) is 14.2. The molecule has 2 aliphatic rings. The highest BCUT2D eigenvalue weighted by Gasteiger charge is 2.31. The van der Waals surface area contributed by atoms with Crippen LogP contribution in [0.25, 0.3) is 0 Å². The molecule has 2 aliphatic heterocycles. The van der Waals surface area contributed by atoms with Gasteiger partial charge in [0.05, 0.1) is 6.54 Å². The lowest BCUT2D eigenvalue weighted by atomic mass is 10.2. The maximum absolute atomic E-state index is 12.3. The summed E-state index contributed by atoms with van der Waals surface area (Å²) in [6.45, 7) is 5.63. The van der Waals surface area contributed by atoms with Crippen LogP contribution in [-0.4, -0.2) is 60.6 Å². The molecule has 1 aromatic heterocycles. The maximum Gasteiger partial charge on any atom is 0.317 e. The summed E-state index contributed by atoms with van der Waals surface area (Å²) in [5, 5.41) is 2.95. The Kier molecular flexibility index (Phi) is 5.17. The molecule has 0 spiro atoms. The predicted molar refractivity (Wildman–Crippen MR) is 88.4 cm³/mol. The number of ether oxygens (including phenoxy) is 1. The Hall–Kier alpha value is -1.60. The van der Waals surface area contributed by atoms with Gasteiger partial charge in [-0.3, -0.25) is 4.79 Å². The van der Waals surface area contributed by atoms with Gasteiger partial charge in [0.15, 0.2) is 0 Å². The van der Waals surface area contributed by atoms with E-state index in [1.54, 1.807) is 16.2 Å². The maximum atomic E-state index is 12.3. The van der Waals surface area contributed by atoms with Crippen LogP contribution in [0.2, 0.25) is 0 Å². The molecule has 0 unspecified atom stereocenters. The number of nitrogens with one attached hydrogen (secondary N) is 1. The molecular formula is C16H23N3O3S. The number of urea groups is 1. The summed E-state index contributed by atoms with van der Waals surface area (Å²) in [5.74, 6) is 0.0802. The average Bonchev–Trinajstić information content (AvgIpc) is 3.24. The lowest BCUT2D eigenvalue weighted by Crippen LogP contribution is -2.54. The van der Waals surface area contributed by atoms with Gasteiger partial charge < -0.3 is 19.9 Å². The summed E-state index contributed by atoms with van der Waals surface area (Å²) in [6, 6.07) is 4.04. The number of aryl methyl sites for hydroxylation is 1. The second-order valence-corrected chi connectivity index (χ2v) is 7.36. The number of nitrogens with zero attached hydrogens (tertiary/aromatic N) is 2. The average molecular weight is 337 g/mol. The molecule has 2 saturated heterocycles. The monoisotopic (exact) mass is 337 g/mol. The van der Waals surface area contributed by atoms with Gasteiger partial charge in [0.1, 0.15) is 6.10 Å². The van der Waals surface area contributed by atoms with Crippen LogP contribution in [0.1, 0.15) is 22.6 Å². The number of piperazine rings is 1. The molecular weight excluding hydrogens is 314 g/mol. The van der Waals surface area contributed by atoms with Crippen LogP contribution in [0.5, 0.6) is 0 Å². The zero-order chi connectivity index (χ0) is 16.2. The van der Waals surface area contributed by atoms with E-state index < -0.39 is 0 Å². The van der Waals surface area contributed by atoms with Crippen molar-refractivity contribution in [3.63, 3.8) is 0 Å². The third kappa shape index (κ3) is 4.03. The topological polar surface area (TPSA) is 61.9 Å². The summed E-state index contributed by atoms with van der Waals surface area (Å²) < 4.78 is 5.45. The number of carbonyl (C=O) groups excluding carboxylic acids is 2. The fourth-order valence-electron chi connectivity index (χ4n) is 2.96. The van der Waals surface area contributed by atoms with Crippen molar-refractivity contribution in [2.75, 3.05) is 32.8 Å². The largest absolute Gasteiger partial charge is 0.368 e. The standard InChI is InChI=1S/C16H23N3O3S/c1-12-4-5-13(23-12)11-17-16(21)19-8-6-18(7-9-19)15(20)14-3-2-10-22-14/h4-5,14H,2-3,6-11H2,1H3,(H,17,21)/t14-/m0/s1. The van der Waals surface area contributed by atoms with E-state index in [1.165, 1.54) is 4.88 Å². The SMILES string of the molecule is Cc1ccc(CNC(=O)N2CCN(C(=O)[C@@H]3CCCO3)CC2)s1. The van der Waals surface area contributed by atoms with E-state index in [1.807, 2.05) is 11.0 Å². The van der Waals surface area contributed by atoms with Gasteiger partial charge in [0.2, 0.25) is 0 Å². The van der Waals surface area contributed by atoms with E-state index in [0.717, 1.165) is 17.7 Å². The van der Waals surface area contributed by atoms with Gasteiger partial charge >= 0.3 is 6.03 Å². The minimum Gasteiger partial charge on any atom is -0.368 e. The minimum absolute atomic E-state index is 0.0553. The van der Waals surface area contributed by atoms with Crippen molar-refractivity contribution in [3.05, 3.63) is 21.9 Å². The molecule has 0 bridgehead atoms. The Morgan fingerprint density at radius 2 is 2.00 bits per heavy atom. The molecule has 1 N–H and O–H groups in total. The smallest absolute Gasteiger partial charge is 0.317 e. The Morgan fingerprint density at radius 3 is 2.61 bits per heavy atom. The Bertz CT molecular complexity index is 561. The number of amides is 3. The fraction of sp³-hybridized carbons (Fsp3) is 0.625. The molecule has 1 aromatic rings. The van der Waals surface area contributed by atoms with Gasteiger partial charge in [-0.1, -0.05) is 0 Å². The molecule has 23 heavy (non-hydrogen) atoms. The second-order valence-electron chi connectivity index (χ2n) is 5.99. The van der Waals surface area contributed by atoms with E-state index in [0.29, 0.717) is 39.3 Å². The number of thiophene rings is 1. The van der Waals surface area contributed by atoms with Crippen LogP contribution in [0.4, 0.5) is 4.79 Å². The molecule has 0 aliphatic carbocycles. The van der Waals surface area contributed by atoms with Crippen molar-refractivity contribution in [1.82, 2.24) is 15.1 Å². The van der Waals surface area contributed by atoms with Crippen LogP contribution in [-0.2, 0) is 16.1 Å². The molecule has 6 nitrogen and oxygen atoms in total. The molecule has 3 amide bonds. The molecule has 2 fully saturated rings. The van der Waals surface area contributed by atoms with Gasteiger partial charge in [-0.15, -0.1) is 11.3 Å². The van der Waals surface area contributed by atoms with Crippen LogP contribution >= 0.6 is 11.3 Å². The second kappa shape index (κ2) is 7.31. The van der Waals surface area contributed by atoms with E-state index in [-0.39, 0.29) is 18.0 Å². The van der Waals surface area contributed by atoms with Crippen molar-refractivity contribution in [3.8, 4) is 0 Å². The van der Waals surface area contributed by atoms with Crippen molar-refractivity contribution >= 4 is 23.3 Å². The Morgan fingerprint density at radius 1 is 1.26 bits per heavy atom. The summed E-state index contributed by atoms with van der Waals surface area (Å²) in [4.78, 5) is 30.5. The predicted octanol–water partition coefficient (Wildman–Crippen LogP) is 1.59. The highest BCUT2D eigenvalue weighted by atomic mass is 32.1. The molecule has 0 radical (unpaired) electrons. The molecule has 7 heteroatoms. The van der Waals surface area contributed by atoms with Crippen LogP contribution < -0.4 is 5.32 Å². The molecule has 126 valence electrons. The van der Waals surface area contributed by atoms with E-state index in [2.05, 4.69) is 18.3 Å². The first-order chi connectivity index (χ1) is 11.1. The first-order valence-corrected chi connectivity index (χ1v) is 8.93. The first-order valence-electron chi connectivity index (χ1n) is 8.12. The first kappa shape index (κ1) is 16.3. The third-order valence-corrected chi connectivity index (χ3v) is 5.29. The van der Waals surface area contributed by atoms with Crippen molar-refractivity contribution in [2.24, 2.45) is 0 Å². The van der Waals surface area contributed by atoms with E-state index in [9.17, 15) is 9.59 Å². The number of carbonyl (C=O) groups is 2. The van der Waals surface area contributed by atoms with Crippen molar-refractivity contribution < 1.29 is 14.3 Å². The van der Waals surface area contributed by atoms with Gasteiger partial charge in [0, 0.05) is 42.5 Å². The summed E-state index contributed by atoms with van der Waals surface area (Å²) in [6.07, 6.45) is 1.51. The zero-order valence-electron chi connectivity index (χ0n) is 13.4. The van der Waals surface area contributed by atoms with Crippen molar-refractivity contribution in [1.29, 1.82) is 0 Å². The fourth-order valence-corrected chi connectivity index (χ4v) is 3.79. The Labute approximate surface area is 140 Å². The van der Waals surface area contributed by atoms with Crippen LogP contribution in [0, 0.1) is 6.92 Å². The molecule has 3 heterocycles. The molecule has 0 aromatic carbocycles. The normalized spacial score (nSPS) is 21.5. The Balaban J connectivity index is 1.42. The summed E-state index contributed by atoms with van der Waals surface area (Å²) >= 11 is 1.69. The molecule has 1 atom stereocenters. The highest BCUT2D eigenvalue weighted by molar-refractivity contribution is 7.11. The summed E-state index contributed by atoms with van der Waals surface area (Å²) in [7, 11) is 0. The van der Waals surface area contributed by atoms with E-state index >= 15 is 0 Å². The third-order valence-electron chi connectivity index (χ3n) is 4.29. The molecule has 0 saturated carbocycles. The van der Waals surface area contributed by atoms with Gasteiger partial charge in [-0.25, -0.2) is 4.79 Å². The van der Waals surface area contributed by atoms with E-state index in [4.69, 9.17) is 4.74 Å². The van der Waals surface area contributed by atoms with Gasteiger partial charge in [-0.2, -0.15) is 0 Å². The highest BCUT2D eigenvalue weighted by Crippen LogP contribution is 2.17. The lowest BCUT2D eigenvalue weighted by molar-refractivity contribution is -0.142. The van der Waals surface area contributed by atoms with Gasteiger partial charge in [-0.05, 0) is 31.9 Å². The lowest BCUT2D eigenvalue weighted by Gasteiger charge is -2.35. The van der Waals surface area contributed by atoms with Crippen LogP contribution in [0.15, 0.2) is 12.1 Å². The number of hydrogen-bond donors (Lipinski definition) is 1. The van der Waals surface area contributed by atoms with Gasteiger partial charge in [0.25, 0.3) is 5.91 Å². The number of hydrogen-bond acceptors (Lipinski definition) is 4. The molecule has 3 rings (SSSR count). The number of rotatable bonds is 3. The summed E-state index contributed by atoms with van der Waals surface area (Å²) in [5.41, 5.74) is 0.